The first kappa shape index (κ1) is 25.9. The van der Waals surface area contributed by atoms with Crippen molar-refractivity contribution in [3.8, 4) is 0 Å². The zero-order chi connectivity index (χ0) is 25.1. The van der Waals surface area contributed by atoms with Crippen molar-refractivity contribution in [2.45, 2.75) is 76.5 Å². The van der Waals surface area contributed by atoms with Gasteiger partial charge in [0, 0.05) is 38.0 Å². The van der Waals surface area contributed by atoms with Crippen LogP contribution in [0.25, 0.3) is 0 Å². The maximum Gasteiger partial charge on any atom is 0.169 e. The van der Waals surface area contributed by atoms with E-state index in [4.69, 9.17) is 9.47 Å². The third-order valence-corrected chi connectivity index (χ3v) is 9.92. The number of allylic oxidation sites excluding steroid dienone is 1. The van der Waals surface area contributed by atoms with Crippen molar-refractivity contribution in [1.29, 1.82) is 0 Å². The van der Waals surface area contributed by atoms with Crippen molar-refractivity contribution < 1.29 is 34.4 Å². The number of fused-ring (bicyclic) bond motifs is 5. The van der Waals surface area contributed by atoms with Crippen LogP contribution in [0.2, 0.25) is 0 Å². The van der Waals surface area contributed by atoms with E-state index in [-0.39, 0.29) is 42.3 Å². The molecule has 0 aliphatic heterocycles. The number of hydrogen-bond acceptors (Lipinski definition) is 8. The molecule has 0 saturated heterocycles. The lowest BCUT2D eigenvalue weighted by atomic mass is 9.46. The van der Waals surface area contributed by atoms with Crippen molar-refractivity contribution in [3.63, 3.8) is 0 Å². The Balaban J connectivity index is 1.58. The van der Waals surface area contributed by atoms with E-state index >= 15 is 0 Å². The number of Topliss-reactive ketones (excluding diaryl/α,β-unsaturated/α-hetero) is 1. The Morgan fingerprint density at radius 1 is 1.15 bits per heavy atom. The predicted molar refractivity (Wildman–Crippen MR) is 125 cm³/mol. The normalized spacial score (nSPS) is 44.0. The summed E-state index contributed by atoms with van der Waals surface area (Å²) in [5, 5.41) is 32.8. The zero-order valence-electron chi connectivity index (χ0n) is 21.1. The highest BCUT2D eigenvalue weighted by atomic mass is 16.7. The average Bonchev–Trinajstić information content (AvgIpc) is 3.05. The second-order valence-electron chi connectivity index (χ2n) is 11.7. The summed E-state index contributed by atoms with van der Waals surface area (Å²) in [6, 6.07) is 0. The van der Waals surface area contributed by atoms with E-state index in [1.54, 1.807) is 20.3 Å². The second-order valence-corrected chi connectivity index (χ2v) is 11.7. The Hall–Kier alpha value is -1.16. The van der Waals surface area contributed by atoms with Crippen molar-refractivity contribution in [2.24, 2.45) is 28.6 Å². The monoisotopic (exact) mass is 479 g/mol. The van der Waals surface area contributed by atoms with Gasteiger partial charge in [0.15, 0.2) is 17.9 Å². The van der Waals surface area contributed by atoms with Crippen LogP contribution in [0, 0.1) is 28.6 Å². The summed E-state index contributed by atoms with van der Waals surface area (Å²) in [5.74, 6) is -0.680. The van der Waals surface area contributed by atoms with E-state index in [0.29, 0.717) is 32.2 Å². The van der Waals surface area contributed by atoms with Gasteiger partial charge in [-0.3, -0.25) is 14.5 Å². The first-order valence-corrected chi connectivity index (χ1v) is 12.5. The number of hydrogen-bond donors (Lipinski definition) is 3. The predicted octanol–water partition coefficient (Wildman–Crippen LogP) is 1.31. The number of methoxy groups -OCH3 is 2. The third-order valence-electron chi connectivity index (χ3n) is 9.92. The van der Waals surface area contributed by atoms with Crippen molar-refractivity contribution >= 4 is 11.6 Å². The largest absolute Gasteiger partial charge is 0.390 e. The van der Waals surface area contributed by atoms with Crippen molar-refractivity contribution in [1.82, 2.24) is 4.90 Å². The Morgan fingerprint density at radius 2 is 1.82 bits per heavy atom. The summed E-state index contributed by atoms with van der Waals surface area (Å²) in [6.45, 7) is 4.74. The van der Waals surface area contributed by atoms with Crippen molar-refractivity contribution in [3.05, 3.63) is 11.6 Å². The van der Waals surface area contributed by atoms with Gasteiger partial charge >= 0.3 is 0 Å². The smallest absolute Gasteiger partial charge is 0.169 e. The van der Waals surface area contributed by atoms with Gasteiger partial charge in [0.2, 0.25) is 0 Å². The quantitative estimate of drug-likeness (QED) is 0.468. The molecule has 4 aliphatic carbocycles. The highest BCUT2D eigenvalue weighted by Crippen LogP contribution is 2.67. The molecular formula is C26H41NO7. The minimum atomic E-state index is -1.22. The minimum Gasteiger partial charge on any atom is -0.390 e. The first-order chi connectivity index (χ1) is 15.9. The van der Waals surface area contributed by atoms with Crippen LogP contribution in [0.15, 0.2) is 11.6 Å². The molecule has 8 unspecified atom stereocenters. The van der Waals surface area contributed by atoms with Gasteiger partial charge in [-0.1, -0.05) is 13.8 Å². The number of likely N-dealkylation sites (N-methyl/N-ethyl adjacent to an activating group) is 1. The molecule has 0 bridgehead atoms. The zero-order valence-corrected chi connectivity index (χ0v) is 21.1. The van der Waals surface area contributed by atoms with Crippen molar-refractivity contribution in [2.75, 3.05) is 34.4 Å². The van der Waals surface area contributed by atoms with Gasteiger partial charge in [0.05, 0.1) is 24.4 Å². The molecule has 4 aliphatic rings. The van der Waals surface area contributed by atoms with E-state index in [1.807, 2.05) is 25.8 Å². The maximum absolute atomic E-state index is 13.4. The molecule has 8 heteroatoms. The molecule has 3 N–H and O–H groups in total. The Bertz CT molecular complexity index is 856. The summed E-state index contributed by atoms with van der Waals surface area (Å²) < 4.78 is 10.5. The number of ketones is 2. The molecule has 0 aromatic heterocycles. The summed E-state index contributed by atoms with van der Waals surface area (Å²) in [6.07, 6.45) is 2.50. The van der Waals surface area contributed by atoms with Gasteiger partial charge < -0.3 is 24.8 Å². The first-order valence-electron chi connectivity index (χ1n) is 12.5. The highest BCUT2D eigenvalue weighted by Gasteiger charge is 2.67. The van der Waals surface area contributed by atoms with Gasteiger partial charge in [0.1, 0.15) is 0 Å². The van der Waals surface area contributed by atoms with Crippen LogP contribution in [0.5, 0.6) is 0 Å². The number of aliphatic hydroxyl groups is 3. The van der Waals surface area contributed by atoms with E-state index in [2.05, 4.69) is 0 Å². The molecule has 0 aromatic carbocycles. The lowest BCUT2D eigenvalue weighted by Gasteiger charge is -2.59. The molecule has 192 valence electrons. The molecule has 3 fully saturated rings. The van der Waals surface area contributed by atoms with E-state index in [1.165, 1.54) is 0 Å². The molecule has 3 saturated carbocycles. The maximum atomic E-state index is 13.4. The number of aliphatic hydroxyl groups excluding tert-OH is 2. The SMILES string of the molecule is COC(CN(C)CC(=O)C1CCC2(O)C3=CC(=O)C4CC(O)C(O)CC4(C)C3CCC12C)OC. The fraction of sp³-hybridized carbons (Fsp3) is 0.846. The Morgan fingerprint density at radius 3 is 2.47 bits per heavy atom. The molecule has 0 aromatic rings. The van der Waals surface area contributed by atoms with Crippen LogP contribution in [-0.2, 0) is 19.1 Å². The number of rotatable bonds is 7. The van der Waals surface area contributed by atoms with Gasteiger partial charge in [0.25, 0.3) is 0 Å². The van der Waals surface area contributed by atoms with Gasteiger partial charge in [-0.15, -0.1) is 0 Å². The Kier molecular flexibility index (Phi) is 6.90. The third kappa shape index (κ3) is 3.82. The fourth-order valence-electron chi connectivity index (χ4n) is 7.83. The minimum absolute atomic E-state index is 0.0453. The lowest BCUT2D eigenvalue weighted by Crippen LogP contribution is -2.61. The molecular weight excluding hydrogens is 438 g/mol. The standard InChI is InChI=1S/C26H41NO7/c1-24-12-21(30)20(29)11-18(24)19(28)10-17-15(24)6-8-25(2)16(7-9-26(17,25)32)22(31)13-27(3)14-23(33-4)34-5/h10,15-16,18,20-21,23,29-30,32H,6-9,11-14H2,1-5H3. The Labute approximate surface area is 202 Å². The second kappa shape index (κ2) is 9.05. The average molecular weight is 480 g/mol. The lowest BCUT2D eigenvalue weighted by molar-refractivity contribution is -0.154. The fourth-order valence-corrected chi connectivity index (χ4v) is 7.83. The summed E-state index contributed by atoms with van der Waals surface area (Å²) >= 11 is 0. The van der Waals surface area contributed by atoms with Crippen LogP contribution in [0.3, 0.4) is 0 Å². The topological polar surface area (TPSA) is 117 Å². The molecule has 0 radical (unpaired) electrons. The number of ether oxygens (including phenoxy) is 2. The molecule has 0 spiro atoms. The number of carbonyl (C=O) groups is 2. The molecule has 34 heavy (non-hydrogen) atoms. The molecule has 0 heterocycles. The van der Waals surface area contributed by atoms with Gasteiger partial charge in [-0.2, -0.15) is 0 Å². The van der Waals surface area contributed by atoms with Crippen LogP contribution in [0.4, 0.5) is 0 Å². The molecule has 0 amide bonds. The highest BCUT2D eigenvalue weighted by molar-refractivity contribution is 5.95. The summed E-state index contributed by atoms with van der Waals surface area (Å²) in [5.41, 5.74) is -1.63. The van der Waals surface area contributed by atoms with E-state index in [9.17, 15) is 24.9 Å². The van der Waals surface area contributed by atoms with Crippen LogP contribution < -0.4 is 0 Å². The van der Waals surface area contributed by atoms with Crippen LogP contribution in [-0.4, -0.2) is 90.2 Å². The number of nitrogens with zero attached hydrogens (tertiary/aromatic N) is 1. The van der Waals surface area contributed by atoms with Gasteiger partial charge in [-0.05, 0) is 68.6 Å². The summed E-state index contributed by atoms with van der Waals surface area (Å²) in [7, 11) is 4.99. The number of carbonyl (C=O) groups excluding carboxylic acids is 2. The van der Waals surface area contributed by atoms with Crippen LogP contribution in [0.1, 0.15) is 52.4 Å². The van der Waals surface area contributed by atoms with Gasteiger partial charge in [-0.25, -0.2) is 0 Å². The van der Waals surface area contributed by atoms with Crippen LogP contribution >= 0.6 is 0 Å². The molecule has 8 nitrogen and oxygen atoms in total. The van der Waals surface area contributed by atoms with E-state index < -0.39 is 34.9 Å². The van der Waals surface area contributed by atoms with E-state index in [0.717, 1.165) is 12.0 Å². The summed E-state index contributed by atoms with van der Waals surface area (Å²) in [4.78, 5) is 28.5. The molecule has 4 rings (SSSR count). The molecule has 8 atom stereocenters.